The summed E-state index contributed by atoms with van der Waals surface area (Å²) in [5.41, 5.74) is 7.43. The molecule has 0 atom stereocenters. The smallest absolute Gasteiger partial charge is 0.269 e. The minimum absolute atomic E-state index is 0.300. The van der Waals surface area contributed by atoms with Gasteiger partial charge in [-0.2, -0.15) is 5.10 Å². The van der Waals surface area contributed by atoms with Gasteiger partial charge in [-0.1, -0.05) is 36.4 Å². The lowest BCUT2D eigenvalue weighted by molar-refractivity contribution is 0.0996. The molecule has 0 bridgehead atoms. The van der Waals surface area contributed by atoms with E-state index in [2.05, 4.69) is 5.10 Å². The lowest BCUT2D eigenvalue weighted by Gasteiger charge is -2.01. The van der Waals surface area contributed by atoms with Crippen molar-refractivity contribution in [2.75, 3.05) is 0 Å². The van der Waals surface area contributed by atoms with Crippen LogP contribution in [0.15, 0.2) is 54.6 Å². The molecule has 0 radical (unpaired) electrons. The van der Waals surface area contributed by atoms with Gasteiger partial charge in [-0.15, -0.1) is 0 Å². The third kappa shape index (κ3) is 1.55. The van der Waals surface area contributed by atoms with E-state index in [4.69, 9.17) is 5.73 Å². The Bertz CT molecular complexity index is 716. The molecule has 1 amide bonds. The van der Waals surface area contributed by atoms with Crippen molar-refractivity contribution in [2.45, 2.75) is 0 Å². The Kier molecular flexibility index (Phi) is 2.34. The number of aromatic nitrogens is 2. The molecule has 0 aliphatic carbocycles. The van der Waals surface area contributed by atoms with Gasteiger partial charge in [-0.25, -0.2) is 4.68 Å². The molecule has 3 rings (SSSR count). The van der Waals surface area contributed by atoms with Crippen molar-refractivity contribution in [3.8, 4) is 5.69 Å². The maximum atomic E-state index is 11.4. The van der Waals surface area contributed by atoms with E-state index >= 15 is 0 Å². The Balaban J connectivity index is 2.34. The van der Waals surface area contributed by atoms with E-state index in [1.165, 1.54) is 0 Å². The van der Waals surface area contributed by atoms with Crippen LogP contribution in [0.3, 0.4) is 0 Å². The molecule has 18 heavy (non-hydrogen) atoms. The molecule has 0 aliphatic heterocycles. The van der Waals surface area contributed by atoms with Crippen molar-refractivity contribution in [2.24, 2.45) is 5.73 Å². The van der Waals surface area contributed by atoms with Crippen LogP contribution in [0.25, 0.3) is 16.6 Å². The van der Waals surface area contributed by atoms with Crippen LogP contribution in [0, 0.1) is 0 Å². The number of primary amides is 1. The Morgan fingerprint density at radius 2 is 1.67 bits per heavy atom. The minimum atomic E-state index is -0.513. The largest absolute Gasteiger partial charge is 0.364 e. The fourth-order valence-electron chi connectivity index (χ4n) is 2.01. The second kappa shape index (κ2) is 4.00. The zero-order chi connectivity index (χ0) is 12.5. The first kappa shape index (κ1) is 10.5. The van der Waals surface area contributed by atoms with Gasteiger partial charge in [-0.05, 0) is 18.2 Å². The second-order valence-corrected chi connectivity index (χ2v) is 3.98. The molecular weight excluding hydrogens is 226 g/mol. The van der Waals surface area contributed by atoms with Crippen molar-refractivity contribution < 1.29 is 4.79 Å². The summed E-state index contributed by atoms with van der Waals surface area (Å²) in [4.78, 5) is 11.4. The average molecular weight is 237 g/mol. The van der Waals surface area contributed by atoms with E-state index in [0.29, 0.717) is 5.69 Å². The summed E-state index contributed by atoms with van der Waals surface area (Å²) in [7, 11) is 0. The van der Waals surface area contributed by atoms with Gasteiger partial charge in [0.1, 0.15) is 0 Å². The van der Waals surface area contributed by atoms with Gasteiger partial charge >= 0.3 is 0 Å². The molecule has 1 aromatic heterocycles. The van der Waals surface area contributed by atoms with Crippen LogP contribution in [-0.4, -0.2) is 15.7 Å². The number of carbonyl (C=O) groups excluding carboxylic acids is 1. The minimum Gasteiger partial charge on any atom is -0.364 e. The summed E-state index contributed by atoms with van der Waals surface area (Å²) in [6.07, 6.45) is 0. The fraction of sp³-hybridized carbons (Fsp3) is 0. The van der Waals surface area contributed by atoms with Crippen molar-refractivity contribution in [3.05, 3.63) is 60.3 Å². The molecule has 0 saturated carbocycles. The highest BCUT2D eigenvalue weighted by atomic mass is 16.1. The van der Waals surface area contributed by atoms with Crippen LogP contribution >= 0.6 is 0 Å². The fourth-order valence-corrected chi connectivity index (χ4v) is 2.01. The standard InChI is InChI=1S/C14H11N3O/c15-14(18)13-11-8-4-5-9-12(11)17(16-13)10-6-2-1-3-7-10/h1-9H,(H2,15,18). The van der Waals surface area contributed by atoms with Crippen LogP contribution in [0.2, 0.25) is 0 Å². The third-order valence-electron chi connectivity index (χ3n) is 2.82. The number of nitrogens with zero attached hydrogens (tertiary/aromatic N) is 2. The molecule has 0 unspecified atom stereocenters. The normalized spacial score (nSPS) is 10.7. The van der Waals surface area contributed by atoms with E-state index in [9.17, 15) is 4.79 Å². The number of hydrogen-bond donors (Lipinski definition) is 1. The molecule has 4 heteroatoms. The van der Waals surface area contributed by atoms with E-state index in [-0.39, 0.29) is 0 Å². The zero-order valence-corrected chi connectivity index (χ0v) is 9.58. The molecule has 0 saturated heterocycles. The molecule has 0 fully saturated rings. The topological polar surface area (TPSA) is 60.9 Å². The van der Waals surface area contributed by atoms with Gasteiger partial charge < -0.3 is 5.73 Å². The number of carbonyl (C=O) groups is 1. The maximum Gasteiger partial charge on any atom is 0.269 e. The molecule has 4 nitrogen and oxygen atoms in total. The summed E-state index contributed by atoms with van der Waals surface area (Å²) >= 11 is 0. The number of para-hydroxylation sites is 2. The van der Waals surface area contributed by atoms with Crippen LogP contribution in [0.5, 0.6) is 0 Å². The van der Waals surface area contributed by atoms with Gasteiger partial charge in [0.2, 0.25) is 0 Å². The monoisotopic (exact) mass is 237 g/mol. The van der Waals surface area contributed by atoms with Crippen LogP contribution < -0.4 is 5.73 Å². The third-order valence-corrected chi connectivity index (χ3v) is 2.82. The number of benzene rings is 2. The van der Waals surface area contributed by atoms with Crippen LogP contribution in [0.4, 0.5) is 0 Å². The van der Waals surface area contributed by atoms with E-state index in [0.717, 1.165) is 16.6 Å². The summed E-state index contributed by atoms with van der Waals surface area (Å²) in [6.45, 7) is 0. The quantitative estimate of drug-likeness (QED) is 0.742. The van der Waals surface area contributed by atoms with Crippen molar-refractivity contribution in [1.82, 2.24) is 9.78 Å². The second-order valence-electron chi connectivity index (χ2n) is 3.98. The van der Waals surface area contributed by atoms with Gasteiger partial charge in [-0.3, -0.25) is 4.79 Å². The van der Waals surface area contributed by atoms with Crippen molar-refractivity contribution >= 4 is 16.8 Å². The maximum absolute atomic E-state index is 11.4. The summed E-state index contributed by atoms with van der Waals surface area (Å²) in [6, 6.07) is 17.2. The number of hydrogen-bond acceptors (Lipinski definition) is 2. The molecular formula is C14H11N3O. The molecule has 2 N–H and O–H groups in total. The van der Waals surface area contributed by atoms with Gasteiger partial charge in [0, 0.05) is 5.39 Å². The number of fused-ring (bicyclic) bond motifs is 1. The van der Waals surface area contributed by atoms with E-state index < -0.39 is 5.91 Å². The number of amides is 1. The highest BCUT2D eigenvalue weighted by Gasteiger charge is 2.14. The predicted molar refractivity (Wildman–Crippen MR) is 69.6 cm³/mol. The van der Waals surface area contributed by atoms with Crippen molar-refractivity contribution in [3.63, 3.8) is 0 Å². The SMILES string of the molecule is NC(=O)c1nn(-c2ccccc2)c2ccccc12. The Labute approximate surface area is 104 Å². The molecule has 3 aromatic rings. The first-order valence-electron chi connectivity index (χ1n) is 5.60. The van der Waals surface area contributed by atoms with Gasteiger partial charge in [0.25, 0.3) is 5.91 Å². The van der Waals surface area contributed by atoms with E-state index in [1.807, 2.05) is 54.6 Å². The summed E-state index contributed by atoms with van der Waals surface area (Å²) in [5, 5.41) is 5.07. The van der Waals surface area contributed by atoms with Gasteiger partial charge in [0.15, 0.2) is 5.69 Å². The summed E-state index contributed by atoms with van der Waals surface area (Å²) in [5.74, 6) is -0.513. The molecule has 0 aliphatic rings. The highest BCUT2D eigenvalue weighted by Crippen LogP contribution is 2.21. The average Bonchev–Trinajstić information content (AvgIpc) is 2.79. The highest BCUT2D eigenvalue weighted by molar-refractivity contribution is 6.04. The lowest BCUT2D eigenvalue weighted by Crippen LogP contribution is -2.12. The van der Waals surface area contributed by atoms with Crippen LogP contribution in [0.1, 0.15) is 10.5 Å². The predicted octanol–water partition coefficient (Wildman–Crippen LogP) is 2.12. The first-order valence-corrected chi connectivity index (χ1v) is 5.60. The Morgan fingerprint density at radius 1 is 1.00 bits per heavy atom. The molecule has 88 valence electrons. The lowest BCUT2D eigenvalue weighted by atomic mass is 10.2. The molecule has 1 heterocycles. The van der Waals surface area contributed by atoms with E-state index in [1.54, 1.807) is 4.68 Å². The van der Waals surface area contributed by atoms with Crippen LogP contribution in [-0.2, 0) is 0 Å². The zero-order valence-electron chi connectivity index (χ0n) is 9.58. The Morgan fingerprint density at radius 3 is 2.39 bits per heavy atom. The summed E-state index contributed by atoms with van der Waals surface area (Å²) < 4.78 is 1.73. The first-order chi connectivity index (χ1) is 8.77. The molecule has 2 aromatic carbocycles. The van der Waals surface area contributed by atoms with Gasteiger partial charge in [0.05, 0.1) is 11.2 Å². The Hall–Kier alpha value is -2.62. The number of nitrogens with two attached hydrogens (primary N) is 1. The number of rotatable bonds is 2. The van der Waals surface area contributed by atoms with Crippen molar-refractivity contribution in [1.29, 1.82) is 0 Å². The molecule has 0 spiro atoms.